The predicted molar refractivity (Wildman–Crippen MR) is 90.2 cm³/mol. The summed E-state index contributed by atoms with van der Waals surface area (Å²) in [5, 5.41) is -0.497. The molecule has 2 heterocycles. The molecule has 0 saturated heterocycles. The van der Waals surface area contributed by atoms with Gasteiger partial charge in [0.1, 0.15) is 5.75 Å². The Labute approximate surface area is 162 Å². The van der Waals surface area contributed by atoms with Crippen LogP contribution in [0.5, 0.6) is 17.2 Å². The summed E-state index contributed by atoms with van der Waals surface area (Å²) < 4.78 is 119. The lowest BCUT2D eigenvalue weighted by Gasteiger charge is -2.10. The average Bonchev–Trinajstić information content (AvgIpc) is 3.08. The summed E-state index contributed by atoms with van der Waals surface area (Å²) in [5.74, 6) is -2.02. The Bertz CT molecular complexity index is 1260. The van der Waals surface area contributed by atoms with Crippen molar-refractivity contribution in [1.82, 2.24) is 15.0 Å². The highest BCUT2D eigenvalue weighted by molar-refractivity contribution is 7.84. The summed E-state index contributed by atoms with van der Waals surface area (Å²) >= 11 is 0. The Morgan fingerprint density at radius 3 is 3.00 bits per heavy atom. The van der Waals surface area contributed by atoms with Gasteiger partial charge in [-0.15, -0.1) is 0 Å². The molecule has 1 unspecified atom stereocenters. The normalized spacial score (nSPS) is 19.4. The van der Waals surface area contributed by atoms with Crippen molar-refractivity contribution in [3.8, 4) is 17.2 Å². The smallest absolute Gasteiger partial charge is 0.387 e. The van der Waals surface area contributed by atoms with Crippen LogP contribution >= 0.6 is 0 Å². The van der Waals surface area contributed by atoms with E-state index in [0.29, 0.717) is 0 Å². The van der Waals surface area contributed by atoms with E-state index in [4.69, 9.17) is 21.8 Å². The SMILES string of the molecule is [2H]C([2H])([2H])Oc1ccnc(C([2H])([2H])S(=O)c2nc3ccc(OC([2H])(F)F)cc3[nH]2)c1OC([2H])([2H])[2H]. The van der Waals surface area contributed by atoms with Gasteiger partial charge in [-0.3, -0.25) is 9.19 Å². The third kappa shape index (κ3) is 3.74. The molecule has 1 atom stereocenters. The first-order valence-corrected chi connectivity index (χ1v) is 7.87. The lowest BCUT2D eigenvalue weighted by Crippen LogP contribution is -2.04. The fraction of sp³-hybridized carbons (Fsp3) is 0.250. The predicted octanol–water partition coefficient (Wildman–Crippen LogP) is 2.88. The summed E-state index contributed by atoms with van der Waals surface area (Å²) in [4.78, 5) is 10.1. The van der Waals surface area contributed by atoms with Gasteiger partial charge in [-0.1, -0.05) is 0 Å². The van der Waals surface area contributed by atoms with E-state index in [1.54, 1.807) is 0 Å². The molecule has 1 aromatic carbocycles. The molecule has 7 nitrogen and oxygen atoms in total. The van der Waals surface area contributed by atoms with Gasteiger partial charge in [-0.25, -0.2) is 4.98 Å². The molecule has 0 saturated carbocycles. The number of nitrogens with one attached hydrogen (secondary N) is 1. The Balaban J connectivity index is 2.05. The maximum absolute atomic E-state index is 13.1. The number of H-pyrrole nitrogens is 1. The molecular formula is C16H15F2N3O4S. The number of hydrogen-bond acceptors (Lipinski definition) is 6. The second-order valence-electron chi connectivity index (χ2n) is 4.61. The molecule has 26 heavy (non-hydrogen) atoms. The van der Waals surface area contributed by atoms with E-state index in [1.165, 1.54) is 6.07 Å². The maximum Gasteiger partial charge on any atom is 0.387 e. The van der Waals surface area contributed by atoms with Crippen molar-refractivity contribution in [2.24, 2.45) is 0 Å². The van der Waals surface area contributed by atoms with E-state index < -0.39 is 65.3 Å². The summed E-state index contributed by atoms with van der Waals surface area (Å²) in [6.45, 7) is -4.22. The quantitative estimate of drug-likeness (QED) is 0.665. The van der Waals surface area contributed by atoms with Crippen LogP contribution < -0.4 is 14.2 Å². The van der Waals surface area contributed by atoms with Crippen molar-refractivity contribution in [1.29, 1.82) is 0 Å². The molecule has 0 aliphatic carbocycles. The van der Waals surface area contributed by atoms with E-state index in [0.717, 1.165) is 24.4 Å². The molecule has 0 spiro atoms. The van der Waals surface area contributed by atoms with Crippen molar-refractivity contribution in [2.45, 2.75) is 17.4 Å². The van der Waals surface area contributed by atoms with Gasteiger partial charge in [0.05, 0.1) is 55.5 Å². The highest BCUT2D eigenvalue weighted by atomic mass is 32.2. The summed E-state index contributed by atoms with van der Waals surface area (Å²) in [6, 6.07) is 4.20. The molecular weight excluding hydrogens is 368 g/mol. The van der Waals surface area contributed by atoms with Crippen molar-refractivity contribution in [3.05, 3.63) is 36.2 Å². The topological polar surface area (TPSA) is 86.3 Å². The van der Waals surface area contributed by atoms with Crippen LogP contribution in [-0.4, -0.2) is 39.8 Å². The van der Waals surface area contributed by atoms with Gasteiger partial charge in [0, 0.05) is 21.1 Å². The fourth-order valence-electron chi connectivity index (χ4n) is 2.02. The molecule has 0 bridgehead atoms. The van der Waals surface area contributed by atoms with Crippen LogP contribution in [0.1, 0.15) is 18.0 Å². The number of halogens is 2. The molecule has 1 N–H and O–H groups in total. The number of imidazole rings is 1. The lowest BCUT2D eigenvalue weighted by molar-refractivity contribution is -0.0497. The van der Waals surface area contributed by atoms with Crippen LogP contribution in [0, 0.1) is 0 Å². The Kier molecular flexibility index (Phi) is 2.89. The molecule has 2 aromatic heterocycles. The van der Waals surface area contributed by atoms with Crippen LogP contribution in [0.25, 0.3) is 11.0 Å². The molecule has 0 amide bonds. The van der Waals surface area contributed by atoms with Gasteiger partial charge >= 0.3 is 6.59 Å². The zero-order valence-electron chi connectivity index (χ0n) is 21.6. The molecule has 3 rings (SSSR count). The average molecular weight is 392 g/mol. The Morgan fingerprint density at radius 1 is 1.38 bits per heavy atom. The van der Waals surface area contributed by atoms with E-state index in [1.807, 2.05) is 0 Å². The zero-order chi connectivity index (χ0) is 26.4. The number of hydrogen-bond donors (Lipinski definition) is 1. The molecule has 138 valence electrons. The van der Waals surface area contributed by atoms with Crippen molar-refractivity contribution in [2.75, 3.05) is 14.1 Å². The number of rotatable bonds is 7. The first-order chi connectivity index (χ1) is 15.9. The van der Waals surface area contributed by atoms with Crippen molar-refractivity contribution in [3.63, 3.8) is 0 Å². The highest BCUT2D eigenvalue weighted by Crippen LogP contribution is 2.30. The number of alkyl halides is 2. The van der Waals surface area contributed by atoms with Crippen LogP contribution in [-0.2, 0) is 16.5 Å². The Hall–Kier alpha value is -2.75. The van der Waals surface area contributed by atoms with Crippen molar-refractivity contribution < 1.29 is 39.5 Å². The second kappa shape index (κ2) is 7.65. The third-order valence-corrected chi connectivity index (χ3v) is 4.00. The minimum absolute atomic E-state index is 0.0114. The molecule has 3 aromatic rings. The maximum atomic E-state index is 13.1. The van der Waals surface area contributed by atoms with E-state index in [-0.39, 0.29) is 11.0 Å². The number of aromatic amines is 1. The van der Waals surface area contributed by atoms with E-state index in [9.17, 15) is 13.0 Å². The minimum Gasteiger partial charge on any atom is -0.493 e. The highest BCUT2D eigenvalue weighted by Gasteiger charge is 2.17. The zero-order valence-corrected chi connectivity index (χ0v) is 13.4. The number of ether oxygens (including phenoxy) is 3. The van der Waals surface area contributed by atoms with Gasteiger partial charge in [-0.2, -0.15) is 8.78 Å². The summed E-state index contributed by atoms with van der Waals surface area (Å²) in [7, 11) is -9.00. The van der Waals surface area contributed by atoms with Crippen LogP contribution in [0.15, 0.2) is 35.6 Å². The van der Waals surface area contributed by atoms with Gasteiger partial charge in [0.15, 0.2) is 18.0 Å². The summed E-state index contributed by atoms with van der Waals surface area (Å²) in [6.07, 6.45) is 0.904. The minimum atomic E-state index is -4.22. The Morgan fingerprint density at radius 2 is 2.23 bits per heavy atom. The number of nitrogens with zero attached hydrogens (tertiary/aromatic N) is 2. The van der Waals surface area contributed by atoms with Crippen LogP contribution in [0.4, 0.5) is 8.78 Å². The second-order valence-corrected chi connectivity index (χ2v) is 5.74. The number of benzene rings is 1. The van der Waals surface area contributed by atoms with Gasteiger partial charge < -0.3 is 19.2 Å². The van der Waals surface area contributed by atoms with E-state index in [2.05, 4.69) is 19.7 Å². The third-order valence-electron chi connectivity index (χ3n) is 3.07. The molecule has 0 radical (unpaired) electrons. The molecule has 0 aliphatic rings. The van der Waals surface area contributed by atoms with Gasteiger partial charge in [-0.05, 0) is 12.1 Å². The molecule has 0 aliphatic heterocycles. The van der Waals surface area contributed by atoms with Gasteiger partial charge in [0.25, 0.3) is 0 Å². The van der Waals surface area contributed by atoms with E-state index >= 15 is 0 Å². The number of fused-ring (bicyclic) bond motifs is 1. The van der Waals surface area contributed by atoms with Gasteiger partial charge in [0.2, 0.25) is 0 Å². The molecule has 0 fully saturated rings. The largest absolute Gasteiger partial charge is 0.493 e. The monoisotopic (exact) mass is 392 g/mol. The van der Waals surface area contributed by atoms with Crippen LogP contribution in [0.2, 0.25) is 0 Å². The van der Waals surface area contributed by atoms with Crippen molar-refractivity contribution >= 4 is 21.8 Å². The first-order valence-electron chi connectivity index (χ1n) is 11.2. The lowest BCUT2D eigenvalue weighted by atomic mass is 10.3. The summed E-state index contributed by atoms with van der Waals surface area (Å²) in [5.41, 5.74) is -3.78. The fourth-order valence-corrected chi connectivity index (χ4v) is 2.83. The number of pyridine rings is 1. The number of aromatic nitrogens is 3. The van der Waals surface area contributed by atoms with Crippen LogP contribution in [0.3, 0.4) is 0 Å². The standard InChI is InChI=1S/C16H15F2N3O4S/c1-23-13-5-6-19-12(14(13)24-2)8-26(22)16-20-10-4-3-9(25-15(17)18)7-11(10)21-16/h3-7,15H,8H2,1-2H3,(H,20,21)/i1D3,2D3,8D2,15D. The molecule has 10 heteroatoms. The first kappa shape index (κ1) is 9.81. The number of methoxy groups -OCH3 is 2.